The number of nitrogens with one attached hydrogen (secondary N) is 1. The minimum Gasteiger partial charge on any atom is -0.477 e. The van der Waals surface area contributed by atoms with Crippen molar-refractivity contribution in [1.82, 2.24) is 0 Å². The number of carboxylic acid groups (broad SMARTS) is 1. The molecule has 0 aliphatic carbocycles. The van der Waals surface area contributed by atoms with Gasteiger partial charge in [0.05, 0.1) is 10.6 Å². The van der Waals surface area contributed by atoms with Gasteiger partial charge in [0.25, 0.3) is 5.91 Å². The fraction of sp³-hybridized carbons (Fsp3) is 0.0769. The van der Waals surface area contributed by atoms with Gasteiger partial charge in [0, 0.05) is 4.47 Å². The Morgan fingerprint density at radius 3 is 2.65 bits per heavy atom. The van der Waals surface area contributed by atoms with Gasteiger partial charge in [0.1, 0.15) is 10.7 Å². The van der Waals surface area contributed by atoms with E-state index in [0.717, 1.165) is 17.4 Å². The first-order valence-corrected chi connectivity index (χ1v) is 7.09. The predicted molar refractivity (Wildman–Crippen MR) is 78.1 cm³/mol. The van der Waals surface area contributed by atoms with Crippen LogP contribution in [0.5, 0.6) is 0 Å². The standard InChI is InChI=1S/C13H9BrFNO3S/c1-6-4-10(20-11(6)13(18)19)16-12(17)8-5-7(15)2-3-9(8)14/h2-5H,1H3,(H,16,17)(H,18,19). The number of halogens is 2. The average Bonchev–Trinajstić information content (AvgIpc) is 2.73. The molecule has 0 radical (unpaired) electrons. The maximum atomic E-state index is 13.1. The van der Waals surface area contributed by atoms with E-state index >= 15 is 0 Å². The van der Waals surface area contributed by atoms with E-state index in [1.165, 1.54) is 12.1 Å². The number of aromatic carboxylic acids is 1. The molecule has 20 heavy (non-hydrogen) atoms. The largest absolute Gasteiger partial charge is 0.477 e. The molecule has 2 rings (SSSR count). The van der Waals surface area contributed by atoms with Crippen molar-refractivity contribution < 1.29 is 19.1 Å². The summed E-state index contributed by atoms with van der Waals surface area (Å²) >= 11 is 4.13. The number of carbonyl (C=O) groups excluding carboxylic acids is 1. The molecule has 7 heteroatoms. The zero-order chi connectivity index (χ0) is 14.9. The first-order valence-electron chi connectivity index (χ1n) is 5.48. The lowest BCUT2D eigenvalue weighted by molar-refractivity contribution is 0.0701. The van der Waals surface area contributed by atoms with E-state index in [4.69, 9.17) is 5.11 Å². The van der Waals surface area contributed by atoms with Crippen molar-refractivity contribution in [3.8, 4) is 0 Å². The van der Waals surface area contributed by atoms with Crippen LogP contribution in [0.15, 0.2) is 28.7 Å². The quantitative estimate of drug-likeness (QED) is 0.874. The fourth-order valence-corrected chi connectivity index (χ4v) is 2.94. The Kier molecular flexibility index (Phi) is 4.20. The van der Waals surface area contributed by atoms with Gasteiger partial charge in [-0.15, -0.1) is 11.3 Å². The molecule has 0 aliphatic rings. The summed E-state index contributed by atoms with van der Waals surface area (Å²) in [6, 6.07) is 5.35. The van der Waals surface area contributed by atoms with Crippen molar-refractivity contribution in [2.45, 2.75) is 6.92 Å². The third-order valence-electron chi connectivity index (χ3n) is 2.52. The molecular formula is C13H9BrFNO3S. The summed E-state index contributed by atoms with van der Waals surface area (Å²) in [4.78, 5) is 23.1. The number of carbonyl (C=O) groups is 2. The Labute approximate surface area is 126 Å². The van der Waals surface area contributed by atoms with Crippen LogP contribution in [0.25, 0.3) is 0 Å². The van der Waals surface area contributed by atoms with Crippen molar-refractivity contribution in [2.75, 3.05) is 5.32 Å². The van der Waals surface area contributed by atoms with Gasteiger partial charge in [-0.25, -0.2) is 9.18 Å². The molecule has 0 saturated heterocycles. The van der Waals surface area contributed by atoms with Gasteiger partial charge in [-0.3, -0.25) is 4.79 Å². The van der Waals surface area contributed by atoms with Crippen LogP contribution in [0.3, 0.4) is 0 Å². The van der Waals surface area contributed by atoms with E-state index in [9.17, 15) is 14.0 Å². The van der Waals surface area contributed by atoms with Crippen molar-refractivity contribution in [2.24, 2.45) is 0 Å². The number of aryl methyl sites for hydroxylation is 1. The van der Waals surface area contributed by atoms with Crippen molar-refractivity contribution in [3.63, 3.8) is 0 Å². The molecule has 1 aromatic carbocycles. The monoisotopic (exact) mass is 357 g/mol. The van der Waals surface area contributed by atoms with Gasteiger partial charge >= 0.3 is 5.97 Å². The number of hydrogen-bond acceptors (Lipinski definition) is 3. The molecule has 104 valence electrons. The Morgan fingerprint density at radius 2 is 2.05 bits per heavy atom. The number of amides is 1. The molecule has 1 amide bonds. The van der Waals surface area contributed by atoms with Crippen molar-refractivity contribution in [3.05, 3.63) is 50.6 Å². The third-order valence-corrected chi connectivity index (χ3v) is 4.35. The van der Waals surface area contributed by atoms with Gasteiger partial charge in [-0.05, 0) is 52.7 Å². The van der Waals surface area contributed by atoms with Crippen molar-refractivity contribution >= 4 is 44.1 Å². The Bertz CT molecular complexity index is 699. The topological polar surface area (TPSA) is 66.4 Å². The fourth-order valence-electron chi connectivity index (χ4n) is 1.61. The van der Waals surface area contributed by atoms with E-state index in [1.807, 2.05) is 0 Å². The van der Waals surface area contributed by atoms with Crippen LogP contribution in [-0.2, 0) is 0 Å². The number of thiophene rings is 1. The molecular weight excluding hydrogens is 349 g/mol. The lowest BCUT2D eigenvalue weighted by Crippen LogP contribution is -2.11. The Morgan fingerprint density at radius 1 is 1.35 bits per heavy atom. The lowest BCUT2D eigenvalue weighted by atomic mass is 10.2. The summed E-state index contributed by atoms with van der Waals surface area (Å²) in [5.41, 5.74) is 0.712. The van der Waals surface area contributed by atoms with Gasteiger partial charge in [-0.2, -0.15) is 0 Å². The molecule has 0 aliphatic heterocycles. The number of rotatable bonds is 3. The number of carboxylic acids is 1. The SMILES string of the molecule is Cc1cc(NC(=O)c2cc(F)ccc2Br)sc1C(=O)O. The summed E-state index contributed by atoms with van der Waals surface area (Å²) in [6.07, 6.45) is 0. The zero-order valence-corrected chi connectivity index (χ0v) is 12.6. The van der Waals surface area contributed by atoms with Crippen LogP contribution in [0.2, 0.25) is 0 Å². The molecule has 2 aromatic rings. The molecule has 0 bridgehead atoms. The van der Waals surface area contributed by atoms with Crippen LogP contribution in [0.4, 0.5) is 9.39 Å². The van der Waals surface area contributed by atoms with E-state index in [2.05, 4.69) is 21.2 Å². The first kappa shape index (κ1) is 14.7. The second-order valence-corrected chi connectivity index (χ2v) is 5.91. The van der Waals surface area contributed by atoms with Crippen LogP contribution in [0, 0.1) is 12.7 Å². The summed E-state index contributed by atoms with van der Waals surface area (Å²) in [5, 5.41) is 11.9. The van der Waals surface area contributed by atoms with Crippen LogP contribution in [-0.4, -0.2) is 17.0 Å². The molecule has 4 nitrogen and oxygen atoms in total. The highest BCUT2D eigenvalue weighted by atomic mass is 79.9. The molecule has 0 saturated carbocycles. The summed E-state index contributed by atoms with van der Waals surface area (Å²) in [5.74, 6) is -2.07. The third kappa shape index (κ3) is 3.05. The highest BCUT2D eigenvalue weighted by molar-refractivity contribution is 9.10. The molecule has 0 atom stereocenters. The smallest absolute Gasteiger partial charge is 0.346 e. The average molecular weight is 358 g/mol. The first-order chi connectivity index (χ1) is 9.38. The van der Waals surface area contributed by atoms with E-state index in [-0.39, 0.29) is 10.4 Å². The summed E-state index contributed by atoms with van der Waals surface area (Å²) < 4.78 is 13.6. The molecule has 0 spiro atoms. The van der Waals surface area contributed by atoms with Crippen LogP contribution >= 0.6 is 27.3 Å². The molecule has 1 heterocycles. The molecule has 1 aromatic heterocycles. The van der Waals surface area contributed by atoms with E-state index < -0.39 is 17.7 Å². The highest BCUT2D eigenvalue weighted by Crippen LogP contribution is 2.28. The molecule has 0 unspecified atom stereocenters. The highest BCUT2D eigenvalue weighted by Gasteiger charge is 2.16. The van der Waals surface area contributed by atoms with E-state index in [0.29, 0.717) is 15.0 Å². The summed E-state index contributed by atoms with van der Waals surface area (Å²) in [6.45, 7) is 1.65. The van der Waals surface area contributed by atoms with Gasteiger partial charge in [0.15, 0.2) is 0 Å². The van der Waals surface area contributed by atoms with Gasteiger partial charge < -0.3 is 10.4 Å². The molecule has 0 fully saturated rings. The number of hydrogen-bond donors (Lipinski definition) is 2. The van der Waals surface area contributed by atoms with Gasteiger partial charge in [0.2, 0.25) is 0 Å². The Balaban J connectivity index is 2.26. The van der Waals surface area contributed by atoms with Crippen LogP contribution < -0.4 is 5.32 Å². The van der Waals surface area contributed by atoms with Crippen molar-refractivity contribution in [1.29, 1.82) is 0 Å². The zero-order valence-electron chi connectivity index (χ0n) is 10.2. The second kappa shape index (κ2) is 5.72. The maximum absolute atomic E-state index is 13.1. The van der Waals surface area contributed by atoms with Crippen LogP contribution in [0.1, 0.15) is 25.6 Å². The Hall–Kier alpha value is -1.73. The molecule has 2 N–H and O–H groups in total. The van der Waals surface area contributed by atoms with E-state index in [1.54, 1.807) is 13.0 Å². The van der Waals surface area contributed by atoms with Gasteiger partial charge in [-0.1, -0.05) is 0 Å². The maximum Gasteiger partial charge on any atom is 0.346 e. The normalized spacial score (nSPS) is 10.3. The summed E-state index contributed by atoms with van der Waals surface area (Å²) in [7, 11) is 0. The lowest BCUT2D eigenvalue weighted by Gasteiger charge is -2.04. The minimum atomic E-state index is -1.04. The number of anilines is 1. The second-order valence-electron chi connectivity index (χ2n) is 4.01. The minimum absolute atomic E-state index is 0.146. The predicted octanol–water partition coefficient (Wildman–Crippen LogP) is 3.91. The number of benzene rings is 1.